The molecule has 0 bridgehead atoms. The van der Waals surface area contributed by atoms with Gasteiger partial charge in [-0.05, 0) is 43.5 Å². The number of benzene rings is 1. The number of nitrogens with one attached hydrogen (secondary N) is 1. The maximum atomic E-state index is 12.9. The van der Waals surface area contributed by atoms with Gasteiger partial charge in [0.05, 0.1) is 10.6 Å². The van der Waals surface area contributed by atoms with Crippen LogP contribution in [-0.2, 0) is 7.05 Å². The van der Waals surface area contributed by atoms with Crippen molar-refractivity contribution in [2.24, 2.45) is 7.05 Å². The number of rotatable bonds is 7. The number of amides is 1. The first kappa shape index (κ1) is 21.1. The maximum absolute atomic E-state index is 12.9. The minimum Gasteiger partial charge on any atom is -0.304 e. The Labute approximate surface area is 188 Å². The van der Waals surface area contributed by atoms with Crippen LogP contribution in [0, 0.1) is 13.8 Å². The zero-order chi connectivity index (χ0) is 22.0. The van der Waals surface area contributed by atoms with Crippen LogP contribution in [0.2, 0.25) is 0 Å². The van der Waals surface area contributed by atoms with E-state index in [2.05, 4.69) is 15.6 Å². The molecule has 1 N–H and O–H groups in total. The molecule has 0 fully saturated rings. The molecule has 31 heavy (non-hydrogen) atoms. The van der Waals surface area contributed by atoms with Crippen molar-refractivity contribution in [3.05, 3.63) is 76.4 Å². The Morgan fingerprint density at radius 3 is 2.58 bits per heavy atom. The minimum atomic E-state index is -0.226. The molecule has 0 saturated heterocycles. The van der Waals surface area contributed by atoms with Gasteiger partial charge >= 0.3 is 0 Å². The first-order valence-corrected chi connectivity index (χ1v) is 11.5. The van der Waals surface area contributed by atoms with Crippen LogP contribution in [0.4, 0.5) is 0 Å². The fraction of sp³-hybridized carbons (Fsp3) is 0.182. The Balaban J connectivity index is 1.46. The van der Waals surface area contributed by atoms with Crippen molar-refractivity contribution in [3.63, 3.8) is 0 Å². The van der Waals surface area contributed by atoms with Crippen molar-refractivity contribution in [1.82, 2.24) is 19.4 Å². The van der Waals surface area contributed by atoms with Gasteiger partial charge < -0.3 is 4.57 Å². The van der Waals surface area contributed by atoms with Crippen LogP contribution in [0.1, 0.15) is 32.1 Å². The second-order valence-corrected chi connectivity index (χ2v) is 8.87. The molecule has 0 aliphatic rings. The summed E-state index contributed by atoms with van der Waals surface area (Å²) < 4.78 is 3.55. The van der Waals surface area contributed by atoms with E-state index in [0.717, 1.165) is 16.4 Å². The van der Waals surface area contributed by atoms with E-state index in [1.807, 2.05) is 61.2 Å². The topological polar surface area (TPSA) is 81.8 Å². The normalized spacial score (nSPS) is 10.9. The highest BCUT2D eigenvalue weighted by molar-refractivity contribution is 7.99. The zero-order valence-corrected chi connectivity index (χ0v) is 19.0. The Morgan fingerprint density at radius 2 is 1.87 bits per heavy atom. The molecule has 158 valence electrons. The summed E-state index contributed by atoms with van der Waals surface area (Å²) in [5.74, 6) is 0.759. The second kappa shape index (κ2) is 8.91. The lowest BCUT2D eigenvalue weighted by Gasteiger charge is -2.11. The summed E-state index contributed by atoms with van der Waals surface area (Å²) in [6, 6.07) is 14.7. The molecule has 3 aromatic heterocycles. The van der Waals surface area contributed by atoms with Gasteiger partial charge in [0.15, 0.2) is 16.8 Å². The Morgan fingerprint density at radius 1 is 1.10 bits per heavy atom. The van der Waals surface area contributed by atoms with E-state index >= 15 is 0 Å². The van der Waals surface area contributed by atoms with E-state index in [1.54, 1.807) is 34.2 Å². The maximum Gasteiger partial charge on any atom is 0.270 e. The molecule has 0 aliphatic carbocycles. The lowest BCUT2D eigenvalue weighted by molar-refractivity contribution is 0.0999. The average Bonchev–Trinajstić information content (AvgIpc) is 3.49. The van der Waals surface area contributed by atoms with Gasteiger partial charge in [0.1, 0.15) is 0 Å². The summed E-state index contributed by atoms with van der Waals surface area (Å²) in [7, 11) is 1.90. The number of aryl methyl sites for hydroxylation is 1. The van der Waals surface area contributed by atoms with Crippen LogP contribution in [0.5, 0.6) is 0 Å². The lowest BCUT2D eigenvalue weighted by atomic mass is 10.2. The van der Waals surface area contributed by atoms with E-state index < -0.39 is 0 Å². The third kappa shape index (κ3) is 4.33. The molecular formula is C22H21N5O2S2. The van der Waals surface area contributed by atoms with Crippen molar-refractivity contribution in [2.45, 2.75) is 19.0 Å². The summed E-state index contributed by atoms with van der Waals surface area (Å²) in [6.07, 6.45) is 0. The summed E-state index contributed by atoms with van der Waals surface area (Å²) in [5.41, 5.74) is 5.49. The Hall–Kier alpha value is -3.17. The van der Waals surface area contributed by atoms with E-state index in [-0.39, 0.29) is 17.4 Å². The van der Waals surface area contributed by atoms with Gasteiger partial charge in [0.2, 0.25) is 0 Å². The number of nitrogens with zero attached hydrogens (tertiary/aromatic N) is 4. The molecule has 0 aliphatic heterocycles. The zero-order valence-electron chi connectivity index (χ0n) is 17.3. The third-order valence-corrected chi connectivity index (χ3v) is 6.78. The first-order chi connectivity index (χ1) is 15.0. The van der Waals surface area contributed by atoms with E-state index in [1.165, 1.54) is 11.8 Å². The van der Waals surface area contributed by atoms with Gasteiger partial charge in [-0.25, -0.2) is 0 Å². The molecule has 3 heterocycles. The number of aromatic nitrogens is 4. The molecular weight excluding hydrogens is 430 g/mol. The van der Waals surface area contributed by atoms with Crippen LogP contribution in [0.25, 0.3) is 10.7 Å². The van der Waals surface area contributed by atoms with Crippen molar-refractivity contribution in [2.75, 3.05) is 11.2 Å². The molecule has 0 spiro atoms. The third-order valence-electron chi connectivity index (χ3n) is 4.89. The average molecular weight is 452 g/mol. The summed E-state index contributed by atoms with van der Waals surface area (Å²) in [4.78, 5) is 26.4. The van der Waals surface area contributed by atoms with Gasteiger partial charge in [-0.3, -0.25) is 19.7 Å². The molecule has 1 amide bonds. The van der Waals surface area contributed by atoms with Gasteiger partial charge in [-0.15, -0.1) is 21.5 Å². The van der Waals surface area contributed by atoms with Crippen molar-refractivity contribution in [3.8, 4) is 10.7 Å². The highest BCUT2D eigenvalue weighted by Crippen LogP contribution is 2.27. The SMILES string of the molecule is Cc1cc(C(=O)CSc2nnc(-c3cccs3)n2C)c(C)n1NC(=O)c1ccccc1. The van der Waals surface area contributed by atoms with E-state index in [0.29, 0.717) is 22.0 Å². The number of hydrogen-bond acceptors (Lipinski definition) is 6. The summed E-state index contributed by atoms with van der Waals surface area (Å²) >= 11 is 2.95. The summed E-state index contributed by atoms with van der Waals surface area (Å²) in [5, 5.41) is 11.1. The first-order valence-electron chi connectivity index (χ1n) is 9.60. The van der Waals surface area contributed by atoms with Gasteiger partial charge in [0.25, 0.3) is 5.91 Å². The fourth-order valence-corrected chi connectivity index (χ4v) is 4.78. The van der Waals surface area contributed by atoms with Gasteiger partial charge in [0, 0.05) is 29.6 Å². The number of hydrogen-bond donors (Lipinski definition) is 1. The smallest absolute Gasteiger partial charge is 0.270 e. The molecule has 4 rings (SSSR count). The van der Waals surface area contributed by atoms with Crippen LogP contribution in [-0.4, -0.2) is 36.9 Å². The minimum absolute atomic E-state index is 0.0287. The van der Waals surface area contributed by atoms with E-state index in [9.17, 15) is 9.59 Å². The molecule has 7 nitrogen and oxygen atoms in total. The van der Waals surface area contributed by atoms with E-state index in [4.69, 9.17) is 0 Å². The van der Waals surface area contributed by atoms with Crippen LogP contribution in [0.3, 0.4) is 0 Å². The Kier molecular flexibility index (Phi) is 6.06. The molecule has 4 aromatic rings. The molecule has 1 aromatic carbocycles. The van der Waals surface area contributed by atoms with Crippen LogP contribution < -0.4 is 5.43 Å². The number of carbonyl (C=O) groups excluding carboxylic acids is 2. The van der Waals surface area contributed by atoms with Crippen molar-refractivity contribution in [1.29, 1.82) is 0 Å². The predicted molar refractivity (Wildman–Crippen MR) is 123 cm³/mol. The highest BCUT2D eigenvalue weighted by atomic mass is 32.2. The fourth-order valence-electron chi connectivity index (χ4n) is 3.24. The van der Waals surface area contributed by atoms with Crippen molar-refractivity contribution < 1.29 is 9.59 Å². The second-order valence-electron chi connectivity index (χ2n) is 6.98. The molecule has 9 heteroatoms. The number of thiophene rings is 1. The summed E-state index contributed by atoms with van der Waals surface area (Å²) in [6.45, 7) is 3.69. The quantitative estimate of drug-likeness (QED) is 0.334. The van der Waals surface area contributed by atoms with Gasteiger partial charge in [-0.1, -0.05) is 36.0 Å². The number of ketones is 1. The highest BCUT2D eigenvalue weighted by Gasteiger charge is 2.19. The largest absolute Gasteiger partial charge is 0.304 e. The molecule has 0 saturated carbocycles. The van der Waals surface area contributed by atoms with Crippen LogP contribution in [0.15, 0.2) is 59.1 Å². The van der Waals surface area contributed by atoms with Gasteiger partial charge in [-0.2, -0.15) is 0 Å². The number of thioether (sulfide) groups is 1. The molecule has 0 atom stereocenters. The predicted octanol–water partition coefficient (Wildman–Crippen LogP) is 4.32. The number of carbonyl (C=O) groups is 2. The standard InChI is InChI=1S/C22H21N5O2S2/c1-14-12-17(15(2)27(14)25-21(29)16-8-5-4-6-9-16)18(28)13-31-22-24-23-20(26(22)3)19-10-7-11-30-19/h4-12H,13H2,1-3H3,(H,25,29). The number of Topliss-reactive ketones (excluding diaryl/α,β-unsaturated/α-hetero) is 1. The monoisotopic (exact) mass is 451 g/mol. The van der Waals surface area contributed by atoms with Crippen molar-refractivity contribution >= 4 is 34.8 Å². The molecule has 0 unspecified atom stereocenters. The lowest BCUT2D eigenvalue weighted by Crippen LogP contribution is -2.25. The Bertz CT molecular complexity index is 1230. The molecule has 0 radical (unpaired) electrons. The van der Waals surface area contributed by atoms with Crippen LogP contribution >= 0.6 is 23.1 Å².